The van der Waals surface area contributed by atoms with Crippen molar-refractivity contribution >= 4 is 55.2 Å². The van der Waals surface area contributed by atoms with Gasteiger partial charge in [-0.05, 0) is 36.8 Å². The highest BCUT2D eigenvalue weighted by Crippen LogP contribution is 2.34. The summed E-state index contributed by atoms with van der Waals surface area (Å²) >= 11 is 7.70. The van der Waals surface area contributed by atoms with Crippen LogP contribution in [0, 0.1) is 6.92 Å². The Morgan fingerprint density at radius 1 is 1.21 bits per heavy atom. The summed E-state index contributed by atoms with van der Waals surface area (Å²) in [6.45, 7) is 5.93. The molecule has 0 bridgehead atoms. The van der Waals surface area contributed by atoms with Crippen molar-refractivity contribution in [3.63, 3.8) is 0 Å². The summed E-state index contributed by atoms with van der Waals surface area (Å²) in [6.07, 6.45) is 0. The van der Waals surface area contributed by atoms with Crippen molar-refractivity contribution in [3.05, 3.63) is 69.0 Å². The van der Waals surface area contributed by atoms with Crippen LogP contribution in [-0.4, -0.2) is 55.2 Å². The number of para-hydroxylation sites is 1. The van der Waals surface area contributed by atoms with E-state index >= 15 is 0 Å². The molecule has 0 atom stereocenters. The van der Waals surface area contributed by atoms with E-state index in [0.717, 1.165) is 28.9 Å². The number of thiazole rings is 1. The molecule has 0 N–H and O–H groups in total. The third kappa shape index (κ3) is 4.39. The van der Waals surface area contributed by atoms with Gasteiger partial charge in [0.1, 0.15) is 5.58 Å². The van der Waals surface area contributed by atoms with Gasteiger partial charge < -0.3 is 9.15 Å². The first-order valence-corrected chi connectivity index (χ1v) is 11.9. The number of ether oxygens (including phenoxy) is 1. The number of aromatic nitrogens is 1. The number of anilines is 1. The van der Waals surface area contributed by atoms with E-state index in [4.69, 9.17) is 25.7 Å². The molecule has 2 aromatic carbocycles. The standard InChI is InChI=1S/C24H22ClN3O4S/c1-15-17(25)6-7-21-22(15)26-24(33-21)28(9-8-27-10-12-31-13-11-27)23(30)20-14-18(29)16-4-2-3-5-19(16)32-20/h2-7,14H,8-13H2,1H3. The third-order valence-electron chi connectivity index (χ3n) is 5.80. The first-order chi connectivity index (χ1) is 16.0. The Morgan fingerprint density at radius 3 is 2.82 bits per heavy atom. The summed E-state index contributed by atoms with van der Waals surface area (Å²) in [7, 11) is 0. The first kappa shape index (κ1) is 22.0. The van der Waals surface area contributed by atoms with Gasteiger partial charge in [-0.3, -0.25) is 19.4 Å². The Balaban J connectivity index is 1.54. The Bertz CT molecular complexity index is 1390. The molecular formula is C24H22ClN3O4S. The van der Waals surface area contributed by atoms with Gasteiger partial charge in [0.25, 0.3) is 5.91 Å². The van der Waals surface area contributed by atoms with Gasteiger partial charge in [-0.2, -0.15) is 0 Å². The molecule has 33 heavy (non-hydrogen) atoms. The van der Waals surface area contributed by atoms with Gasteiger partial charge in [0.05, 0.1) is 28.8 Å². The van der Waals surface area contributed by atoms with Gasteiger partial charge in [-0.25, -0.2) is 4.98 Å². The van der Waals surface area contributed by atoms with Gasteiger partial charge in [-0.15, -0.1) is 0 Å². The van der Waals surface area contributed by atoms with Gasteiger partial charge in [0.15, 0.2) is 16.3 Å². The van der Waals surface area contributed by atoms with Gasteiger partial charge in [0.2, 0.25) is 0 Å². The van der Waals surface area contributed by atoms with Crippen molar-refractivity contribution in [3.8, 4) is 0 Å². The van der Waals surface area contributed by atoms with Crippen molar-refractivity contribution in [2.24, 2.45) is 0 Å². The molecule has 2 aromatic heterocycles. The summed E-state index contributed by atoms with van der Waals surface area (Å²) in [5, 5.41) is 1.62. The number of rotatable bonds is 5. The van der Waals surface area contributed by atoms with Crippen LogP contribution in [0.3, 0.4) is 0 Å². The number of morpholine rings is 1. The maximum Gasteiger partial charge on any atom is 0.295 e. The average molecular weight is 484 g/mol. The zero-order valence-electron chi connectivity index (χ0n) is 18.0. The number of halogens is 1. The van der Waals surface area contributed by atoms with Crippen molar-refractivity contribution in [1.29, 1.82) is 0 Å². The van der Waals surface area contributed by atoms with E-state index in [9.17, 15) is 9.59 Å². The van der Waals surface area contributed by atoms with Crippen molar-refractivity contribution in [2.75, 3.05) is 44.3 Å². The van der Waals surface area contributed by atoms with Gasteiger partial charge in [0, 0.05) is 37.3 Å². The number of amides is 1. The van der Waals surface area contributed by atoms with Crippen LogP contribution in [0.15, 0.2) is 51.7 Å². The fourth-order valence-corrected chi connectivity index (χ4v) is 5.10. The zero-order chi connectivity index (χ0) is 22.9. The molecule has 5 rings (SSSR count). The van der Waals surface area contributed by atoms with Crippen LogP contribution >= 0.6 is 22.9 Å². The van der Waals surface area contributed by atoms with Crippen LogP contribution in [0.2, 0.25) is 5.02 Å². The predicted octanol–water partition coefficient (Wildman–Crippen LogP) is 4.34. The lowest BCUT2D eigenvalue weighted by atomic mass is 10.2. The van der Waals surface area contributed by atoms with E-state index in [0.29, 0.717) is 47.4 Å². The average Bonchev–Trinajstić information content (AvgIpc) is 3.27. The SMILES string of the molecule is Cc1c(Cl)ccc2sc(N(CCN3CCOCC3)C(=O)c3cc(=O)c4ccccc4o3)nc12. The van der Waals surface area contributed by atoms with Gasteiger partial charge in [-0.1, -0.05) is 35.1 Å². The number of hydrogen-bond donors (Lipinski definition) is 0. The molecule has 1 saturated heterocycles. The lowest BCUT2D eigenvalue weighted by Gasteiger charge is -2.29. The van der Waals surface area contributed by atoms with Crippen LogP contribution < -0.4 is 10.3 Å². The molecule has 1 fully saturated rings. The molecule has 0 radical (unpaired) electrons. The van der Waals surface area contributed by atoms with Crippen LogP contribution in [0.4, 0.5) is 5.13 Å². The van der Waals surface area contributed by atoms with Crippen LogP contribution in [-0.2, 0) is 4.74 Å². The van der Waals surface area contributed by atoms with E-state index in [-0.39, 0.29) is 11.2 Å². The van der Waals surface area contributed by atoms with E-state index in [1.807, 2.05) is 19.1 Å². The Labute approximate surface area is 199 Å². The molecule has 170 valence electrons. The lowest BCUT2D eigenvalue weighted by molar-refractivity contribution is 0.0390. The number of nitrogens with zero attached hydrogens (tertiary/aromatic N) is 3. The third-order valence-corrected chi connectivity index (χ3v) is 7.25. The number of fused-ring (bicyclic) bond motifs is 2. The highest BCUT2D eigenvalue weighted by molar-refractivity contribution is 7.22. The molecule has 1 aliphatic heterocycles. The molecule has 7 nitrogen and oxygen atoms in total. The summed E-state index contributed by atoms with van der Waals surface area (Å²) in [6, 6.07) is 11.9. The Hall–Kier alpha value is -2.78. The number of carbonyl (C=O) groups is 1. The summed E-state index contributed by atoms with van der Waals surface area (Å²) in [5.41, 5.74) is 1.77. The second-order valence-electron chi connectivity index (χ2n) is 7.90. The van der Waals surface area contributed by atoms with E-state index < -0.39 is 5.91 Å². The molecular weight excluding hydrogens is 462 g/mol. The summed E-state index contributed by atoms with van der Waals surface area (Å²) in [5.74, 6) is -0.399. The van der Waals surface area contributed by atoms with Crippen molar-refractivity contribution in [1.82, 2.24) is 9.88 Å². The largest absolute Gasteiger partial charge is 0.451 e. The molecule has 0 unspecified atom stereocenters. The quantitative estimate of drug-likeness (QED) is 0.420. The predicted molar refractivity (Wildman–Crippen MR) is 131 cm³/mol. The van der Waals surface area contributed by atoms with Crippen molar-refractivity contribution < 1.29 is 13.9 Å². The van der Waals surface area contributed by atoms with Crippen LogP contribution in [0.25, 0.3) is 21.2 Å². The first-order valence-electron chi connectivity index (χ1n) is 10.7. The van der Waals surface area contributed by atoms with E-state index in [1.54, 1.807) is 29.2 Å². The van der Waals surface area contributed by atoms with Crippen molar-refractivity contribution in [2.45, 2.75) is 6.92 Å². The molecule has 9 heteroatoms. The molecule has 0 spiro atoms. The fourth-order valence-electron chi connectivity index (χ4n) is 3.90. The van der Waals surface area contributed by atoms with Gasteiger partial charge >= 0.3 is 0 Å². The molecule has 1 aliphatic rings. The Morgan fingerprint density at radius 2 is 2.00 bits per heavy atom. The molecule has 1 amide bonds. The fraction of sp³-hybridized carbons (Fsp3) is 0.292. The maximum absolute atomic E-state index is 13.6. The molecule has 0 saturated carbocycles. The minimum atomic E-state index is -0.395. The van der Waals surface area contributed by atoms with E-state index in [2.05, 4.69) is 4.90 Å². The molecule has 4 aromatic rings. The van der Waals surface area contributed by atoms with Crippen LogP contribution in [0.1, 0.15) is 16.1 Å². The smallest absolute Gasteiger partial charge is 0.295 e. The normalized spacial score (nSPS) is 14.7. The van der Waals surface area contributed by atoms with E-state index in [1.165, 1.54) is 17.4 Å². The van der Waals surface area contributed by atoms with Crippen LogP contribution in [0.5, 0.6) is 0 Å². The minimum Gasteiger partial charge on any atom is -0.451 e. The minimum absolute atomic E-state index is 0.00492. The Kier molecular flexibility index (Phi) is 6.16. The monoisotopic (exact) mass is 483 g/mol. The summed E-state index contributed by atoms with van der Waals surface area (Å²) in [4.78, 5) is 34.8. The summed E-state index contributed by atoms with van der Waals surface area (Å²) < 4.78 is 12.2. The molecule has 3 heterocycles. The second kappa shape index (κ2) is 9.23. The number of aryl methyl sites for hydroxylation is 1. The lowest BCUT2D eigenvalue weighted by Crippen LogP contribution is -2.43. The topological polar surface area (TPSA) is 75.9 Å². The zero-order valence-corrected chi connectivity index (χ0v) is 19.6. The number of hydrogen-bond acceptors (Lipinski definition) is 7. The second-order valence-corrected chi connectivity index (χ2v) is 9.31. The number of carbonyl (C=O) groups excluding carboxylic acids is 1. The highest BCUT2D eigenvalue weighted by atomic mass is 35.5. The highest BCUT2D eigenvalue weighted by Gasteiger charge is 2.26. The molecule has 0 aliphatic carbocycles. The maximum atomic E-state index is 13.6. The number of benzene rings is 2.